The Balaban J connectivity index is 1.69. The lowest BCUT2D eigenvalue weighted by molar-refractivity contribution is 0.0528. The molecule has 2 aromatic rings. The van der Waals surface area contributed by atoms with Crippen molar-refractivity contribution >= 4 is 34.3 Å². The molecule has 1 aliphatic heterocycles. The number of benzene rings is 1. The predicted octanol–water partition coefficient (Wildman–Crippen LogP) is 2.83. The van der Waals surface area contributed by atoms with Gasteiger partial charge in [-0.05, 0) is 59.7 Å². The van der Waals surface area contributed by atoms with Gasteiger partial charge in [0.05, 0.1) is 6.54 Å². The number of amides is 1. The third kappa shape index (κ3) is 4.39. The van der Waals surface area contributed by atoms with Crippen molar-refractivity contribution in [2.45, 2.75) is 18.9 Å². The van der Waals surface area contributed by atoms with E-state index in [9.17, 15) is 4.79 Å². The van der Waals surface area contributed by atoms with Crippen LogP contribution in [-0.4, -0.2) is 54.1 Å². The Morgan fingerprint density at radius 3 is 2.68 bits per heavy atom. The number of rotatable bonds is 4. The number of aromatic nitrogens is 2. The molecule has 0 spiro atoms. The molecule has 1 saturated heterocycles. The summed E-state index contributed by atoms with van der Waals surface area (Å²) in [5.41, 5.74) is 0.717. The topological polar surface area (TPSA) is 58.6 Å². The van der Waals surface area contributed by atoms with E-state index in [-0.39, 0.29) is 12.0 Å². The Labute approximate surface area is 161 Å². The minimum atomic E-state index is -0.0723. The predicted molar refractivity (Wildman–Crippen MR) is 105 cm³/mol. The van der Waals surface area contributed by atoms with Gasteiger partial charge in [0, 0.05) is 42.2 Å². The number of nitrogens with zero attached hydrogens (tertiary/aromatic N) is 4. The van der Waals surface area contributed by atoms with Gasteiger partial charge in [-0.3, -0.25) is 4.79 Å². The summed E-state index contributed by atoms with van der Waals surface area (Å²) in [6.07, 6.45) is 5.02. The molecule has 132 valence electrons. The largest absolute Gasteiger partial charge is 0.470 e. The average molecular weight is 452 g/mol. The van der Waals surface area contributed by atoms with Crippen LogP contribution in [0.25, 0.3) is 0 Å². The van der Waals surface area contributed by atoms with E-state index in [0.717, 1.165) is 28.5 Å². The Bertz CT molecular complexity index is 736. The van der Waals surface area contributed by atoms with Crippen molar-refractivity contribution < 1.29 is 9.53 Å². The van der Waals surface area contributed by atoms with Gasteiger partial charge in [0.25, 0.3) is 11.8 Å². The second kappa shape index (κ2) is 7.99. The maximum absolute atomic E-state index is 12.7. The zero-order chi connectivity index (χ0) is 17.8. The molecule has 1 fully saturated rings. The minimum Gasteiger partial charge on any atom is -0.470 e. The van der Waals surface area contributed by atoms with Crippen molar-refractivity contribution in [2.24, 2.45) is 0 Å². The van der Waals surface area contributed by atoms with Crippen LogP contribution in [0.4, 0.5) is 5.82 Å². The van der Waals surface area contributed by atoms with E-state index in [1.807, 2.05) is 48.2 Å². The van der Waals surface area contributed by atoms with Crippen LogP contribution in [0.15, 0.2) is 36.7 Å². The van der Waals surface area contributed by atoms with Crippen molar-refractivity contribution in [3.63, 3.8) is 0 Å². The molecule has 0 radical (unpaired) electrons. The van der Waals surface area contributed by atoms with E-state index in [1.165, 1.54) is 0 Å². The molecule has 0 N–H and O–H groups in total. The highest BCUT2D eigenvalue weighted by molar-refractivity contribution is 14.1. The van der Waals surface area contributed by atoms with Crippen LogP contribution < -0.4 is 9.64 Å². The number of hydrogen-bond donors (Lipinski definition) is 0. The fraction of sp³-hybridized carbons (Fsp3) is 0.389. The first-order valence-electron chi connectivity index (χ1n) is 8.24. The van der Waals surface area contributed by atoms with Gasteiger partial charge in [0.2, 0.25) is 0 Å². The highest BCUT2D eigenvalue weighted by atomic mass is 127. The van der Waals surface area contributed by atoms with E-state index >= 15 is 0 Å². The summed E-state index contributed by atoms with van der Waals surface area (Å²) >= 11 is 2.24. The van der Waals surface area contributed by atoms with E-state index in [0.29, 0.717) is 18.2 Å². The lowest BCUT2D eigenvalue weighted by atomic mass is 10.1. The minimum absolute atomic E-state index is 0.0525. The molecule has 1 aromatic carbocycles. The summed E-state index contributed by atoms with van der Waals surface area (Å²) in [6.45, 7) is 1.32. The molecule has 3 rings (SSSR count). The zero-order valence-corrected chi connectivity index (χ0v) is 16.5. The van der Waals surface area contributed by atoms with Crippen molar-refractivity contribution in [1.82, 2.24) is 14.9 Å². The summed E-state index contributed by atoms with van der Waals surface area (Å²) in [5, 5.41) is 0. The van der Waals surface area contributed by atoms with Gasteiger partial charge in [-0.1, -0.05) is 0 Å². The lowest BCUT2D eigenvalue weighted by Crippen LogP contribution is -2.44. The molecular weight excluding hydrogens is 431 g/mol. The molecule has 0 bridgehead atoms. The number of hydrogen-bond acceptors (Lipinski definition) is 5. The smallest absolute Gasteiger partial charge is 0.257 e. The molecule has 2 heterocycles. The average Bonchev–Trinajstić information content (AvgIpc) is 2.62. The molecule has 25 heavy (non-hydrogen) atoms. The molecule has 1 amide bonds. The van der Waals surface area contributed by atoms with Gasteiger partial charge >= 0.3 is 0 Å². The van der Waals surface area contributed by atoms with Gasteiger partial charge in [-0.25, -0.2) is 9.97 Å². The number of anilines is 1. The quantitative estimate of drug-likeness (QED) is 0.668. The van der Waals surface area contributed by atoms with E-state index in [4.69, 9.17) is 4.74 Å². The normalized spacial score (nSPS) is 17.2. The van der Waals surface area contributed by atoms with Gasteiger partial charge < -0.3 is 14.5 Å². The van der Waals surface area contributed by atoms with Crippen molar-refractivity contribution in [1.29, 1.82) is 0 Å². The third-order valence-electron chi connectivity index (χ3n) is 4.11. The molecule has 0 saturated carbocycles. The Morgan fingerprint density at radius 1 is 1.24 bits per heavy atom. The maximum atomic E-state index is 12.7. The summed E-state index contributed by atoms with van der Waals surface area (Å²) in [7, 11) is 3.81. The molecule has 7 heteroatoms. The van der Waals surface area contributed by atoms with Gasteiger partial charge in [-0.15, -0.1) is 0 Å². The zero-order valence-electron chi connectivity index (χ0n) is 14.4. The Hall–Kier alpha value is -1.90. The summed E-state index contributed by atoms with van der Waals surface area (Å²) < 4.78 is 7.19. The highest BCUT2D eigenvalue weighted by Crippen LogP contribution is 2.24. The summed E-state index contributed by atoms with van der Waals surface area (Å²) in [6, 6.07) is 7.66. The fourth-order valence-electron chi connectivity index (χ4n) is 2.86. The van der Waals surface area contributed by atoms with E-state index < -0.39 is 0 Å². The first-order chi connectivity index (χ1) is 12.0. The Kier molecular flexibility index (Phi) is 5.72. The highest BCUT2D eigenvalue weighted by Gasteiger charge is 2.27. The molecular formula is C18H21IN4O2. The number of carbonyl (C=O) groups is 1. The first kappa shape index (κ1) is 17.9. The molecule has 6 nitrogen and oxygen atoms in total. The lowest BCUT2D eigenvalue weighted by Gasteiger charge is -2.33. The van der Waals surface area contributed by atoms with E-state index in [2.05, 4.69) is 32.6 Å². The second-order valence-corrected chi connectivity index (χ2v) is 7.47. The van der Waals surface area contributed by atoms with Crippen LogP contribution in [0.1, 0.15) is 23.2 Å². The number of halogens is 1. The van der Waals surface area contributed by atoms with Crippen molar-refractivity contribution in [3.8, 4) is 5.88 Å². The molecule has 1 aromatic heterocycles. The standard InChI is InChI=1S/C18H21IN4O2/c1-22(2)16-17(21-10-9-20-16)25-15-4-3-11-23(12-15)18(24)13-5-7-14(19)8-6-13/h5-10,15H,3-4,11-12H2,1-2H3. The van der Waals surface area contributed by atoms with Crippen LogP contribution >= 0.6 is 22.6 Å². The van der Waals surface area contributed by atoms with Gasteiger partial charge in [0.15, 0.2) is 5.82 Å². The fourth-order valence-corrected chi connectivity index (χ4v) is 3.22. The molecule has 0 aliphatic carbocycles. The Morgan fingerprint density at radius 2 is 1.96 bits per heavy atom. The number of carbonyl (C=O) groups excluding carboxylic acids is 1. The van der Waals surface area contributed by atoms with Crippen molar-refractivity contribution in [3.05, 3.63) is 45.8 Å². The van der Waals surface area contributed by atoms with Crippen LogP contribution in [0.5, 0.6) is 5.88 Å². The van der Waals surface area contributed by atoms with Crippen LogP contribution in [-0.2, 0) is 0 Å². The van der Waals surface area contributed by atoms with E-state index in [1.54, 1.807) is 12.4 Å². The summed E-state index contributed by atoms with van der Waals surface area (Å²) in [4.78, 5) is 25.1. The number of piperidine rings is 1. The second-order valence-electron chi connectivity index (χ2n) is 6.22. The maximum Gasteiger partial charge on any atom is 0.257 e. The molecule has 1 aliphatic rings. The number of likely N-dealkylation sites (tertiary alicyclic amines) is 1. The first-order valence-corrected chi connectivity index (χ1v) is 9.32. The van der Waals surface area contributed by atoms with Crippen LogP contribution in [0.3, 0.4) is 0 Å². The van der Waals surface area contributed by atoms with Crippen molar-refractivity contribution in [2.75, 3.05) is 32.1 Å². The summed E-state index contributed by atoms with van der Waals surface area (Å²) in [5.74, 6) is 1.27. The third-order valence-corrected chi connectivity index (χ3v) is 4.82. The van der Waals surface area contributed by atoms with Gasteiger partial charge in [-0.2, -0.15) is 0 Å². The SMILES string of the molecule is CN(C)c1nccnc1OC1CCCN(C(=O)c2ccc(I)cc2)C1. The van der Waals surface area contributed by atoms with Gasteiger partial charge in [0.1, 0.15) is 6.10 Å². The van der Waals surface area contributed by atoms with Crippen LogP contribution in [0, 0.1) is 3.57 Å². The molecule has 1 atom stereocenters. The molecule has 1 unspecified atom stereocenters. The van der Waals surface area contributed by atoms with Crippen LogP contribution in [0.2, 0.25) is 0 Å². The monoisotopic (exact) mass is 452 g/mol. The number of ether oxygens (including phenoxy) is 1.